The average molecular weight is 712 g/mol. The molecule has 16 heteroatoms. The van der Waals surface area contributed by atoms with Crippen LogP contribution in [0.5, 0.6) is 0 Å². The van der Waals surface area contributed by atoms with Crippen molar-refractivity contribution in [2.24, 2.45) is 0 Å². The summed E-state index contributed by atoms with van der Waals surface area (Å²) in [5.41, 5.74) is 5.04. The van der Waals surface area contributed by atoms with E-state index in [9.17, 15) is 0 Å². The maximum Gasteiger partial charge on any atom is 1.00 e. The Morgan fingerprint density at radius 2 is 0.685 bits per heavy atom. The molecule has 9 rings (SSSR count). The Morgan fingerprint density at radius 1 is 0.407 bits per heavy atom. The summed E-state index contributed by atoms with van der Waals surface area (Å²) in [6.45, 7) is 0.644. The van der Waals surface area contributed by atoms with Crippen molar-refractivity contribution in [3.8, 4) is 0 Å². The summed E-state index contributed by atoms with van der Waals surface area (Å²) in [4.78, 5) is 20.2. The average Bonchev–Trinajstić information content (AvgIpc) is 4.04. The predicted molar refractivity (Wildman–Crippen MR) is 218 cm³/mol. The summed E-state index contributed by atoms with van der Waals surface area (Å²) >= 11 is 0. The summed E-state index contributed by atoms with van der Waals surface area (Å²) < 4.78 is 9.89. The SMILES string of the molecule is C1CCOC1.C1CCOC1.CN1B(c2ccccc2)N2N(C)[B@@-]3(c4ccccc4)N(C)N(C)B(c4ccccc4)N3N(C)[B@-]2(c2ccccc2)N1C.[Li+].[Li+]. The van der Waals surface area contributed by atoms with Crippen molar-refractivity contribution >= 4 is 48.9 Å². The van der Waals surface area contributed by atoms with E-state index in [1.807, 2.05) is 0 Å². The van der Waals surface area contributed by atoms with Gasteiger partial charge in [-0.05, 0) is 78.9 Å². The maximum absolute atomic E-state index is 4.94. The van der Waals surface area contributed by atoms with Gasteiger partial charge in [-0.1, -0.05) is 121 Å². The number of ether oxygens (including phenoxy) is 2. The van der Waals surface area contributed by atoms with Gasteiger partial charge in [0.25, 0.3) is 13.1 Å². The maximum atomic E-state index is 4.94. The third kappa shape index (κ3) is 7.31. The largest absolute Gasteiger partial charge is 1.00 e. The molecule has 4 aromatic rings. The molecular weight excluding hydrogens is 658 g/mol. The van der Waals surface area contributed by atoms with E-state index >= 15 is 0 Å². The summed E-state index contributed by atoms with van der Waals surface area (Å²) in [5, 5.41) is 0. The van der Waals surface area contributed by atoms with Gasteiger partial charge in [0, 0.05) is 26.4 Å². The van der Waals surface area contributed by atoms with Crippen LogP contribution in [0.3, 0.4) is 0 Å². The number of rotatable bonds is 4. The molecule has 5 aliphatic rings. The molecule has 0 spiro atoms. The van der Waals surface area contributed by atoms with Gasteiger partial charge in [0.2, 0.25) is 0 Å². The van der Waals surface area contributed by atoms with Gasteiger partial charge < -0.3 is 38.8 Å². The Kier molecular flexibility index (Phi) is 15.1. The summed E-state index contributed by atoms with van der Waals surface area (Å²) in [6, 6.07) is 43.9. The van der Waals surface area contributed by atoms with Crippen LogP contribution in [0.1, 0.15) is 25.7 Å². The predicted octanol–water partition coefficient (Wildman–Crippen LogP) is -4.03. The zero-order valence-corrected chi connectivity index (χ0v) is 33.9. The van der Waals surface area contributed by atoms with E-state index in [1.165, 1.54) is 47.5 Å². The second kappa shape index (κ2) is 18.9. The molecule has 272 valence electrons. The molecule has 5 heterocycles. The number of hydrogen-bond donors (Lipinski definition) is 0. The normalized spacial score (nSPS) is 25.5. The van der Waals surface area contributed by atoms with Crippen LogP contribution in [0.4, 0.5) is 0 Å². The zero-order valence-electron chi connectivity index (χ0n) is 33.9. The molecule has 5 saturated heterocycles. The molecule has 5 aliphatic heterocycles. The summed E-state index contributed by atoms with van der Waals surface area (Å²) in [6.07, 6.45) is 5.11. The minimum Gasteiger partial charge on any atom is -0.435 e. The van der Waals surface area contributed by atoms with Crippen molar-refractivity contribution in [1.29, 1.82) is 0 Å². The van der Waals surface area contributed by atoms with Crippen LogP contribution >= 0.6 is 0 Å². The molecule has 0 aliphatic carbocycles. The van der Waals surface area contributed by atoms with Crippen molar-refractivity contribution in [1.82, 2.24) is 39.2 Å². The summed E-state index contributed by atoms with van der Waals surface area (Å²) in [5.74, 6) is 0. The third-order valence-electron chi connectivity index (χ3n) is 12.1. The van der Waals surface area contributed by atoms with Gasteiger partial charge in [-0.25, -0.2) is 0 Å². The van der Waals surface area contributed by atoms with E-state index < -0.39 is 13.1 Å². The molecule has 0 radical (unpaired) electrons. The van der Waals surface area contributed by atoms with Crippen LogP contribution in [-0.2, 0) is 9.47 Å². The molecule has 0 aromatic heterocycles. The van der Waals surface area contributed by atoms with Gasteiger partial charge in [-0.2, -0.15) is 10.9 Å². The van der Waals surface area contributed by atoms with Gasteiger partial charge in [0.15, 0.2) is 0 Å². The first-order valence-corrected chi connectivity index (χ1v) is 19.0. The molecule has 0 amide bonds. The summed E-state index contributed by atoms with van der Waals surface area (Å²) in [7, 11) is 13.5. The van der Waals surface area contributed by atoms with Gasteiger partial charge in [0.05, 0.1) is 0 Å². The van der Waals surface area contributed by atoms with Crippen LogP contribution in [-0.4, -0.2) is 135 Å². The molecule has 0 saturated carbocycles. The van der Waals surface area contributed by atoms with Crippen LogP contribution in [0.15, 0.2) is 121 Å². The van der Waals surface area contributed by atoms with Crippen LogP contribution in [0, 0.1) is 0 Å². The number of benzene rings is 4. The van der Waals surface area contributed by atoms with Crippen LogP contribution in [0.2, 0.25) is 0 Å². The van der Waals surface area contributed by atoms with E-state index in [0.717, 1.165) is 26.4 Å². The zero-order chi connectivity index (χ0) is 36.3. The van der Waals surface area contributed by atoms with Gasteiger partial charge >= 0.3 is 51.7 Å². The van der Waals surface area contributed by atoms with E-state index in [2.05, 4.69) is 203 Å². The Labute approximate surface area is 349 Å². The molecule has 54 heavy (non-hydrogen) atoms. The minimum absolute atomic E-state index is 0. The monoisotopic (exact) mass is 713 g/mol. The molecule has 0 unspecified atom stereocenters. The number of fused-ring (bicyclic) bond motifs is 2. The fourth-order valence-corrected chi connectivity index (χ4v) is 9.58. The number of hydrogen-bond acceptors (Lipinski definition) is 10. The van der Waals surface area contributed by atoms with Gasteiger partial charge in [0.1, 0.15) is 0 Å². The number of nitrogens with zero attached hydrogens (tertiary/aromatic N) is 8. The van der Waals surface area contributed by atoms with Crippen molar-refractivity contribution in [2.75, 3.05) is 68.7 Å². The molecule has 0 bridgehead atoms. The van der Waals surface area contributed by atoms with Crippen molar-refractivity contribution in [3.63, 3.8) is 0 Å². The third-order valence-corrected chi connectivity index (χ3v) is 12.1. The van der Waals surface area contributed by atoms with Crippen molar-refractivity contribution in [2.45, 2.75) is 25.7 Å². The van der Waals surface area contributed by atoms with E-state index in [1.54, 1.807) is 0 Å². The Hall–Kier alpha value is -2.07. The first kappa shape index (κ1) is 43.1. The molecule has 4 aromatic carbocycles. The van der Waals surface area contributed by atoms with Gasteiger partial charge in [-0.15, -0.1) is 0 Å². The Bertz CT molecular complexity index is 1590. The van der Waals surface area contributed by atoms with Crippen LogP contribution < -0.4 is 59.6 Å². The second-order valence-electron chi connectivity index (χ2n) is 14.7. The molecule has 0 N–H and O–H groups in total. The van der Waals surface area contributed by atoms with E-state index in [-0.39, 0.29) is 51.7 Å². The van der Waals surface area contributed by atoms with E-state index in [0.29, 0.717) is 0 Å². The first-order valence-electron chi connectivity index (χ1n) is 19.0. The second-order valence-corrected chi connectivity index (χ2v) is 14.7. The molecule has 2 atom stereocenters. The smallest absolute Gasteiger partial charge is 0.435 e. The van der Waals surface area contributed by atoms with Gasteiger partial charge in [-0.3, -0.25) is 9.84 Å². The fraction of sp³-hybridized carbons (Fsp3) is 0.368. The molecular formula is C38H54B4Li2N8O2. The number of hydrazine groups is 4. The Balaban J connectivity index is 0.000000406. The van der Waals surface area contributed by atoms with E-state index in [4.69, 9.17) is 9.47 Å². The fourth-order valence-electron chi connectivity index (χ4n) is 9.58. The van der Waals surface area contributed by atoms with Crippen molar-refractivity contribution < 1.29 is 47.2 Å². The van der Waals surface area contributed by atoms with Crippen molar-refractivity contribution in [3.05, 3.63) is 121 Å². The quantitative estimate of drug-likeness (QED) is 0.196. The topological polar surface area (TPSA) is 44.4 Å². The Morgan fingerprint density at radius 3 is 0.944 bits per heavy atom. The van der Waals surface area contributed by atoms with Crippen LogP contribution in [0.25, 0.3) is 0 Å². The molecule has 5 fully saturated rings. The standard InChI is InChI=1S/C30H38B4N8.2C4H8O.2Li/c1-35-31(27-19-11-7-12-20-27)41-33(37(35)3,29-23-15-9-16-24-29)39(5)42-32(28-21-13-8-14-22-28)36(2)38(4)34(42,40(41)6)30-25-17-10-18-26-30;2*1-2-4-5-3-1;;/h7-26H,1-6H3;2*1-4H2;;/q-2;;;2*+1/t33-,34+;;;;. The minimum atomic E-state index is -1.65. The first-order chi connectivity index (χ1) is 25.4. The molecule has 10 nitrogen and oxygen atoms in total.